The molecule has 3 aromatic rings. The van der Waals surface area contributed by atoms with Crippen LogP contribution in [0.1, 0.15) is 30.9 Å². The summed E-state index contributed by atoms with van der Waals surface area (Å²) in [5.74, 6) is 2.71. The molecule has 0 unspecified atom stereocenters. The molecule has 1 fully saturated rings. The number of nitrogens with zero attached hydrogens (tertiary/aromatic N) is 2. The van der Waals surface area contributed by atoms with Gasteiger partial charge in [0.15, 0.2) is 0 Å². The Hall–Kier alpha value is -4.08. The molecule has 5 rings (SSSR count). The molecule has 0 saturated carbocycles. The van der Waals surface area contributed by atoms with Crippen LogP contribution in [-0.4, -0.2) is 65.4 Å². The molecule has 2 aliphatic rings. The number of anilines is 2. The number of hydrogen-bond donors (Lipinski definition) is 1. The number of rotatable bonds is 10. The summed E-state index contributed by atoms with van der Waals surface area (Å²) in [6.07, 6.45) is 2.85. The fourth-order valence-electron chi connectivity index (χ4n) is 4.98. The molecular weight excluding hydrogens is 534 g/mol. The van der Waals surface area contributed by atoms with Crippen LogP contribution in [0.3, 0.4) is 0 Å². The van der Waals surface area contributed by atoms with Gasteiger partial charge in [0.1, 0.15) is 17.2 Å². The molecule has 3 aromatic carbocycles. The van der Waals surface area contributed by atoms with Crippen LogP contribution in [0.25, 0.3) is 0 Å². The number of carbonyl (C=O) groups excluding carboxylic acids is 2. The molecule has 224 valence electrons. The van der Waals surface area contributed by atoms with Gasteiger partial charge in [-0.05, 0) is 66.9 Å². The zero-order valence-electron chi connectivity index (χ0n) is 24.8. The van der Waals surface area contributed by atoms with Gasteiger partial charge in [0.2, 0.25) is 11.8 Å². The molecule has 1 N–H and O–H groups in total. The summed E-state index contributed by atoms with van der Waals surface area (Å²) in [7, 11) is 3.32. The number of fused-ring (bicyclic) bond motifs is 1. The van der Waals surface area contributed by atoms with Crippen molar-refractivity contribution in [1.29, 1.82) is 0 Å². The topological polar surface area (TPSA) is 89.6 Å². The van der Waals surface area contributed by atoms with Gasteiger partial charge in [0.25, 0.3) is 0 Å². The predicted octanol–water partition coefficient (Wildman–Crippen LogP) is 4.61. The van der Waals surface area contributed by atoms with Crippen molar-refractivity contribution in [3.8, 4) is 17.2 Å². The van der Waals surface area contributed by atoms with Gasteiger partial charge >= 0.3 is 0 Å². The molecule has 0 spiro atoms. The number of para-hydroxylation sites is 1. The number of aryl methyl sites for hydroxylation is 1. The van der Waals surface area contributed by atoms with Crippen molar-refractivity contribution in [2.24, 2.45) is 0 Å². The number of amides is 2. The average Bonchev–Trinajstić information content (AvgIpc) is 3.03. The SMILES string of the molecule is COc1ccc2c(c1)CCCN2C(C)=O.COc1ccccc1COCCCOc1ccc(N2CCNCC2=O)cc1. The number of nitrogens with one attached hydrogen (secondary N) is 1. The average molecular weight is 576 g/mol. The molecule has 9 nitrogen and oxygen atoms in total. The monoisotopic (exact) mass is 575 g/mol. The Bertz CT molecular complexity index is 1310. The minimum Gasteiger partial charge on any atom is -0.497 e. The van der Waals surface area contributed by atoms with Gasteiger partial charge in [-0.1, -0.05) is 18.2 Å². The van der Waals surface area contributed by atoms with Crippen LogP contribution >= 0.6 is 0 Å². The van der Waals surface area contributed by atoms with Crippen LogP contribution in [-0.2, 0) is 27.4 Å². The van der Waals surface area contributed by atoms with E-state index in [4.69, 9.17) is 18.9 Å². The number of piperazine rings is 1. The lowest BCUT2D eigenvalue weighted by Crippen LogP contribution is -2.48. The molecule has 2 heterocycles. The third-order valence-electron chi connectivity index (χ3n) is 7.18. The van der Waals surface area contributed by atoms with Crippen LogP contribution in [0, 0.1) is 0 Å². The van der Waals surface area contributed by atoms with Crippen molar-refractivity contribution < 1.29 is 28.5 Å². The van der Waals surface area contributed by atoms with E-state index in [1.54, 1.807) is 26.0 Å². The predicted molar refractivity (Wildman–Crippen MR) is 164 cm³/mol. The quantitative estimate of drug-likeness (QED) is 0.353. The van der Waals surface area contributed by atoms with Gasteiger partial charge in [-0.15, -0.1) is 0 Å². The van der Waals surface area contributed by atoms with Crippen molar-refractivity contribution in [2.75, 3.05) is 63.4 Å². The largest absolute Gasteiger partial charge is 0.497 e. The maximum atomic E-state index is 11.9. The maximum Gasteiger partial charge on any atom is 0.240 e. The lowest BCUT2D eigenvalue weighted by molar-refractivity contribution is -0.118. The molecule has 1 saturated heterocycles. The Kier molecular flexibility index (Phi) is 11.6. The summed E-state index contributed by atoms with van der Waals surface area (Å²) in [5.41, 5.74) is 4.19. The van der Waals surface area contributed by atoms with Crippen LogP contribution in [0.15, 0.2) is 66.7 Å². The fraction of sp³-hybridized carbons (Fsp3) is 0.394. The molecule has 0 radical (unpaired) electrons. The molecular formula is C33H41N3O6. The van der Waals surface area contributed by atoms with Crippen molar-refractivity contribution in [3.05, 3.63) is 77.9 Å². The van der Waals surface area contributed by atoms with Gasteiger partial charge < -0.3 is 34.1 Å². The first kappa shape index (κ1) is 30.9. The van der Waals surface area contributed by atoms with E-state index in [9.17, 15) is 9.59 Å². The second-order valence-corrected chi connectivity index (χ2v) is 10.1. The number of benzene rings is 3. The number of carbonyl (C=O) groups is 2. The summed E-state index contributed by atoms with van der Waals surface area (Å²) in [4.78, 5) is 26.9. The highest BCUT2D eigenvalue weighted by molar-refractivity contribution is 5.95. The highest BCUT2D eigenvalue weighted by Crippen LogP contribution is 2.30. The molecule has 9 heteroatoms. The summed E-state index contributed by atoms with van der Waals surface area (Å²) >= 11 is 0. The lowest BCUT2D eigenvalue weighted by Gasteiger charge is -2.28. The second kappa shape index (κ2) is 15.8. The molecule has 2 aliphatic heterocycles. The second-order valence-electron chi connectivity index (χ2n) is 10.1. The molecule has 0 aliphatic carbocycles. The first-order valence-electron chi connectivity index (χ1n) is 14.4. The van der Waals surface area contributed by atoms with E-state index in [1.165, 1.54) is 5.56 Å². The standard InChI is InChI=1S/C21H26N2O4.C12H15NO2/c1-25-20-6-3-2-5-17(20)16-26-13-4-14-27-19-9-7-18(8-10-19)23-12-11-22-15-21(23)24;1-9(14)13-7-3-4-10-8-11(15-2)5-6-12(10)13/h2-3,5-10,22H,4,11-16H2,1H3;5-6,8H,3-4,7H2,1-2H3. The van der Waals surface area contributed by atoms with E-state index in [-0.39, 0.29) is 11.8 Å². The molecule has 0 aromatic heterocycles. The van der Waals surface area contributed by atoms with Gasteiger partial charge in [-0.25, -0.2) is 0 Å². The van der Waals surface area contributed by atoms with Gasteiger partial charge in [-0.3, -0.25) is 9.59 Å². The smallest absolute Gasteiger partial charge is 0.240 e. The fourth-order valence-corrected chi connectivity index (χ4v) is 4.98. The zero-order valence-corrected chi connectivity index (χ0v) is 24.8. The summed E-state index contributed by atoms with van der Waals surface area (Å²) < 4.78 is 21.9. The summed E-state index contributed by atoms with van der Waals surface area (Å²) in [5, 5.41) is 3.07. The lowest BCUT2D eigenvalue weighted by atomic mass is 10.0. The highest BCUT2D eigenvalue weighted by Gasteiger charge is 2.20. The van der Waals surface area contributed by atoms with E-state index in [1.807, 2.05) is 71.6 Å². The summed E-state index contributed by atoms with van der Waals surface area (Å²) in [6.45, 7) is 6.07. The Balaban J connectivity index is 0.000000227. The van der Waals surface area contributed by atoms with Crippen molar-refractivity contribution in [3.63, 3.8) is 0 Å². The van der Waals surface area contributed by atoms with E-state index >= 15 is 0 Å². The third kappa shape index (κ3) is 8.47. The first-order valence-corrected chi connectivity index (χ1v) is 14.4. The normalized spacial score (nSPS) is 14.4. The Morgan fingerprint density at radius 3 is 2.45 bits per heavy atom. The maximum absolute atomic E-state index is 11.9. The molecule has 0 atom stereocenters. The van der Waals surface area contributed by atoms with Crippen LogP contribution < -0.4 is 29.3 Å². The number of ether oxygens (including phenoxy) is 4. The van der Waals surface area contributed by atoms with Gasteiger partial charge in [0, 0.05) is 49.9 Å². The Morgan fingerprint density at radius 1 is 0.929 bits per heavy atom. The Morgan fingerprint density at radius 2 is 1.71 bits per heavy atom. The van der Waals surface area contributed by atoms with E-state index in [0.29, 0.717) is 32.9 Å². The van der Waals surface area contributed by atoms with Crippen LogP contribution in [0.5, 0.6) is 17.2 Å². The first-order chi connectivity index (χ1) is 20.5. The number of hydrogen-bond acceptors (Lipinski definition) is 7. The van der Waals surface area contributed by atoms with Crippen LogP contribution in [0.2, 0.25) is 0 Å². The van der Waals surface area contributed by atoms with Crippen molar-refractivity contribution >= 4 is 23.2 Å². The van der Waals surface area contributed by atoms with Gasteiger partial charge in [0.05, 0.1) is 40.6 Å². The third-order valence-corrected chi connectivity index (χ3v) is 7.18. The zero-order chi connectivity index (χ0) is 29.7. The van der Waals surface area contributed by atoms with Crippen LogP contribution in [0.4, 0.5) is 11.4 Å². The summed E-state index contributed by atoms with van der Waals surface area (Å²) in [6, 6.07) is 21.4. The molecule has 2 amide bonds. The van der Waals surface area contributed by atoms with Gasteiger partial charge in [-0.2, -0.15) is 0 Å². The molecule has 0 bridgehead atoms. The van der Waals surface area contributed by atoms with E-state index in [0.717, 1.165) is 66.5 Å². The minimum atomic E-state index is 0.0992. The van der Waals surface area contributed by atoms with Crippen molar-refractivity contribution in [2.45, 2.75) is 32.8 Å². The van der Waals surface area contributed by atoms with E-state index < -0.39 is 0 Å². The minimum absolute atomic E-state index is 0.0992. The highest BCUT2D eigenvalue weighted by atomic mass is 16.5. The number of methoxy groups -OCH3 is 2. The molecule has 42 heavy (non-hydrogen) atoms. The van der Waals surface area contributed by atoms with E-state index in [2.05, 4.69) is 5.32 Å². The van der Waals surface area contributed by atoms with Crippen molar-refractivity contribution in [1.82, 2.24) is 5.32 Å². The Labute approximate surface area is 248 Å².